The number of carbonyl (C=O) groups excluding carboxylic acids is 1. The summed E-state index contributed by atoms with van der Waals surface area (Å²) in [4.78, 5) is 13.8. The first kappa shape index (κ1) is 17.8. The largest absolute Gasteiger partial charge is 0.445 e. The van der Waals surface area contributed by atoms with Crippen LogP contribution >= 0.6 is 0 Å². The number of hydrogen-bond donors (Lipinski definition) is 0. The number of carbonyl (C=O) groups is 1. The van der Waals surface area contributed by atoms with E-state index in [0.717, 1.165) is 12.0 Å². The Morgan fingerprint density at radius 3 is 2.57 bits per heavy atom. The second-order valence-corrected chi connectivity index (χ2v) is 5.99. The number of ether oxygens (including phenoxy) is 3. The Kier molecular flexibility index (Phi) is 6.02. The Labute approximate surface area is 138 Å². The first-order chi connectivity index (χ1) is 11.0. The molecule has 2 atom stereocenters. The number of likely N-dealkylation sites (tertiary alicyclic amines) is 1. The van der Waals surface area contributed by atoms with Crippen LogP contribution in [0.2, 0.25) is 0 Å². The Hall–Kier alpha value is -1.59. The number of amides is 1. The van der Waals surface area contributed by atoms with Crippen molar-refractivity contribution in [2.75, 3.05) is 13.1 Å². The number of hydrogen-bond acceptors (Lipinski definition) is 4. The molecule has 0 saturated carbocycles. The van der Waals surface area contributed by atoms with Gasteiger partial charge in [0.2, 0.25) is 0 Å². The van der Waals surface area contributed by atoms with Crippen molar-refractivity contribution in [3.63, 3.8) is 0 Å². The predicted molar refractivity (Wildman–Crippen MR) is 88.0 cm³/mol. The van der Waals surface area contributed by atoms with E-state index in [2.05, 4.69) is 0 Å². The quantitative estimate of drug-likeness (QED) is 0.835. The molecule has 0 radical (unpaired) electrons. The van der Waals surface area contributed by atoms with Crippen LogP contribution in [0, 0.1) is 0 Å². The number of benzene rings is 1. The van der Waals surface area contributed by atoms with Gasteiger partial charge in [-0.15, -0.1) is 0 Å². The molecule has 1 aromatic rings. The van der Waals surface area contributed by atoms with Gasteiger partial charge in [0.1, 0.15) is 12.7 Å². The molecule has 23 heavy (non-hydrogen) atoms. The van der Waals surface area contributed by atoms with Crippen LogP contribution in [0.15, 0.2) is 30.3 Å². The van der Waals surface area contributed by atoms with Gasteiger partial charge >= 0.3 is 6.09 Å². The molecule has 0 spiro atoms. The van der Waals surface area contributed by atoms with Crippen LogP contribution in [0.3, 0.4) is 0 Å². The maximum Gasteiger partial charge on any atom is 0.410 e. The average Bonchev–Trinajstić information content (AvgIpc) is 2.88. The molecule has 2 fully saturated rings. The van der Waals surface area contributed by atoms with Gasteiger partial charge in [0.25, 0.3) is 0 Å². The molecular weight excluding hydrogens is 294 g/mol. The van der Waals surface area contributed by atoms with E-state index < -0.39 is 5.79 Å². The van der Waals surface area contributed by atoms with E-state index in [9.17, 15) is 4.79 Å². The Balaban J connectivity index is 0.000000924. The van der Waals surface area contributed by atoms with Gasteiger partial charge < -0.3 is 19.1 Å². The van der Waals surface area contributed by atoms with Gasteiger partial charge in [-0.1, -0.05) is 44.2 Å². The summed E-state index contributed by atoms with van der Waals surface area (Å²) in [5.74, 6) is -0.556. The summed E-state index contributed by atoms with van der Waals surface area (Å²) in [6.07, 6.45) is 0.524. The van der Waals surface area contributed by atoms with Crippen molar-refractivity contribution in [3.05, 3.63) is 35.9 Å². The van der Waals surface area contributed by atoms with Gasteiger partial charge in [0.05, 0.1) is 12.6 Å². The Bertz CT molecular complexity index is 503. The van der Waals surface area contributed by atoms with E-state index in [1.807, 2.05) is 58.0 Å². The summed E-state index contributed by atoms with van der Waals surface area (Å²) in [5, 5.41) is 0. The van der Waals surface area contributed by atoms with Crippen LogP contribution in [-0.4, -0.2) is 42.1 Å². The lowest BCUT2D eigenvalue weighted by atomic mass is 10.1. The molecule has 1 aromatic carbocycles. The van der Waals surface area contributed by atoms with Crippen molar-refractivity contribution in [1.29, 1.82) is 0 Å². The molecule has 0 aromatic heterocycles. The van der Waals surface area contributed by atoms with Gasteiger partial charge in [0.15, 0.2) is 5.79 Å². The zero-order chi connectivity index (χ0) is 16.9. The fourth-order valence-electron chi connectivity index (χ4n) is 2.88. The zero-order valence-corrected chi connectivity index (χ0v) is 14.5. The fourth-order valence-corrected chi connectivity index (χ4v) is 2.88. The molecule has 0 aliphatic carbocycles. The summed E-state index contributed by atoms with van der Waals surface area (Å²) in [5.41, 5.74) is 0.988. The predicted octanol–water partition coefficient (Wildman–Crippen LogP) is 3.58. The van der Waals surface area contributed by atoms with E-state index in [1.165, 1.54) is 0 Å². The molecule has 1 amide bonds. The minimum Gasteiger partial charge on any atom is -0.445 e. The highest BCUT2D eigenvalue weighted by atomic mass is 16.8. The normalized spacial score (nSPS) is 25.1. The number of nitrogens with zero attached hydrogens (tertiary/aromatic N) is 1. The lowest BCUT2D eigenvalue weighted by Gasteiger charge is -2.32. The number of fused-ring (bicyclic) bond motifs is 1. The standard InChI is InChI=1S/C16H21NO4.C2H6/c1-16(2)20-13-8-9-17(10-14(13)21-16)15(18)19-11-12-6-4-3-5-7-12;1-2/h3-7,13-14H,8-11H2,1-2H3;1-2H3. The second-order valence-electron chi connectivity index (χ2n) is 5.99. The highest BCUT2D eigenvalue weighted by Gasteiger charge is 2.45. The van der Waals surface area contributed by atoms with Crippen LogP contribution in [0.5, 0.6) is 0 Å². The molecule has 3 rings (SSSR count). The van der Waals surface area contributed by atoms with Crippen molar-refractivity contribution in [2.24, 2.45) is 0 Å². The minimum absolute atomic E-state index is 0.0574. The van der Waals surface area contributed by atoms with Gasteiger partial charge in [-0.3, -0.25) is 0 Å². The third-order valence-corrected chi connectivity index (χ3v) is 3.83. The minimum atomic E-state index is -0.556. The van der Waals surface area contributed by atoms with Gasteiger partial charge in [0, 0.05) is 6.54 Å². The Morgan fingerprint density at radius 1 is 1.22 bits per heavy atom. The van der Waals surface area contributed by atoms with Crippen LogP contribution < -0.4 is 0 Å². The van der Waals surface area contributed by atoms with E-state index >= 15 is 0 Å². The monoisotopic (exact) mass is 321 g/mol. The van der Waals surface area contributed by atoms with Crippen LogP contribution in [0.1, 0.15) is 39.7 Å². The Morgan fingerprint density at radius 2 is 1.87 bits per heavy atom. The van der Waals surface area contributed by atoms with Crippen LogP contribution in [0.4, 0.5) is 4.79 Å². The molecule has 2 aliphatic rings. The summed E-state index contributed by atoms with van der Waals surface area (Å²) in [7, 11) is 0. The van der Waals surface area contributed by atoms with Crippen LogP contribution in [0.25, 0.3) is 0 Å². The van der Waals surface area contributed by atoms with Crippen molar-refractivity contribution in [1.82, 2.24) is 4.90 Å². The summed E-state index contributed by atoms with van der Waals surface area (Å²) in [6.45, 7) is 9.29. The lowest BCUT2D eigenvalue weighted by Crippen LogP contribution is -2.47. The van der Waals surface area contributed by atoms with E-state index in [0.29, 0.717) is 19.7 Å². The fraction of sp³-hybridized carbons (Fsp3) is 0.611. The lowest BCUT2D eigenvalue weighted by molar-refractivity contribution is -0.145. The number of rotatable bonds is 2. The maximum atomic E-state index is 12.1. The highest BCUT2D eigenvalue weighted by Crippen LogP contribution is 2.33. The van der Waals surface area contributed by atoms with Gasteiger partial charge in [-0.25, -0.2) is 4.79 Å². The molecular formula is C18H27NO4. The first-order valence-electron chi connectivity index (χ1n) is 8.35. The molecule has 2 saturated heterocycles. The van der Waals surface area contributed by atoms with Crippen LogP contribution in [-0.2, 0) is 20.8 Å². The molecule has 128 valence electrons. The molecule has 0 bridgehead atoms. The molecule has 2 heterocycles. The third-order valence-electron chi connectivity index (χ3n) is 3.83. The maximum absolute atomic E-state index is 12.1. The van der Waals surface area contributed by atoms with E-state index in [1.54, 1.807) is 4.90 Å². The molecule has 0 N–H and O–H groups in total. The van der Waals surface area contributed by atoms with Gasteiger partial charge in [-0.2, -0.15) is 0 Å². The smallest absolute Gasteiger partial charge is 0.410 e. The SMILES string of the molecule is CC.CC1(C)OC2CCN(C(=O)OCc3ccccc3)CC2O1. The second kappa shape index (κ2) is 7.79. The van der Waals surface area contributed by atoms with Crippen molar-refractivity contribution in [2.45, 2.75) is 58.7 Å². The third kappa shape index (κ3) is 4.69. The zero-order valence-electron chi connectivity index (χ0n) is 14.5. The number of piperidine rings is 1. The summed E-state index contributed by atoms with van der Waals surface area (Å²) >= 11 is 0. The highest BCUT2D eigenvalue weighted by molar-refractivity contribution is 5.67. The first-order valence-corrected chi connectivity index (χ1v) is 8.35. The summed E-state index contributed by atoms with van der Waals surface area (Å²) in [6, 6.07) is 9.68. The molecule has 2 unspecified atom stereocenters. The average molecular weight is 321 g/mol. The topological polar surface area (TPSA) is 48.0 Å². The van der Waals surface area contributed by atoms with E-state index in [4.69, 9.17) is 14.2 Å². The van der Waals surface area contributed by atoms with E-state index in [-0.39, 0.29) is 18.3 Å². The summed E-state index contributed by atoms with van der Waals surface area (Å²) < 4.78 is 17.0. The molecule has 2 aliphatic heterocycles. The molecule has 5 heteroatoms. The molecule has 5 nitrogen and oxygen atoms in total. The van der Waals surface area contributed by atoms with Crippen molar-refractivity contribution >= 4 is 6.09 Å². The van der Waals surface area contributed by atoms with Crippen molar-refractivity contribution < 1.29 is 19.0 Å². The van der Waals surface area contributed by atoms with Gasteiger partial charge in [-0.05, 0) is 25.8 Å². The van der Waals surface area contributed by atoms with Crippen molar-refractivity contribution in [3.8, 4) is 0 Å².